The second kappa shape index (κ2) is 10.5. The maximum atomic E-state index is 12.8. The number of hydrogen-bond donors (Lipinski definition) is 2. The maximum Gasteiger partial charge on any atom is 0.359 e. The molecule has 9 heteroatoms. The van der Waals surface area contributed by atoms with Crippen molar-refractivity contribution in [2.75, 3.05) is 31.1 Å². The first kappa shape index (κ1) is 22.2. The number of ether oxygens (including phenoxy) is 3. The van der Waals surface area contributed by atoms with Crippen LogP contribution >= 0.6 is 11.6 Å². The number of carbonyl (C=O) groups is 2. The summed E-state index contributed by atoms with van der Waals surface area (Å²) in [5.41, 5.74) is 4.26. The summed E-state index contributed by atoms with van der Waals surface area (Å²) in [7, 11) is 1.56. The Morgan fingerprint density at radius 2 is 1.94 bits per heavy atom. The van der Waals surface area contributed by atoms with Crippen LogP contribution in [0.4, 0.5) is 11.4 Å². The molecule has 3 rings (SSSR count). The molecule has 0 bridgehead atoms. The molecule has 0 aromatic heterocycles. The van der Waals surface area contributed by atoms with E-state index in [0.29, 0.717) is 34.1 Å². The quantitative estimate of drug-likeness (QED) is 0.363. The van der Waals surface area contributed by atoms with E-state index >= 15 is 0 Å². The van der Waals surface area contributed by atoms with Gasteiger partial charge in [0.05, 0.1) is 26.0 Å². The molecule has 0 saturated carbocycles. The minimum atomic E-state index is -0.660. The second-order valence-electron chi connectivity index (χ2n) is 6.39. The van der Waals surface area contributed by atoms with Crippen molar-refractivity contribution in [3.63, 3.8) is 0 Å². The van der Waals surface area contributed by atoms with E-state index in [0.717, 1.165) is 0 Å². The highest BCUT2D eigenvalue weighted by Crippen LogP contribution is 2.24. The van der Waals surface area contributed by atoms with Crippen LogP contribution in [-0.2, 0) is 19.1 Å². The van der Waals surface area contributed by atoms with E-state index in [9.17, 15) is 9.59 Å². The molecule has 162 valence electrons. The summed E-state index contributed by atoms with van der Waals surface area (Å²) < 4.78 is 15.8. The zero-order chi connectivity index (χ0) is 22.2. The van der Waals surface area contributed by atoms with Crippen LogP contribution in [-0.4, -0.2) is 37.9 Å². The Balaban J connectivity index is 1.87. The highest BCUT2D eigenvalue weighted by molar-refractivity contribution is 6.44. The Morgan fingerprint density at radius 1 is 1.16 bits per heavy atom. The number of methoxy groups -OCH3 is 1. The van der Waals surface area contributed by atoms with Crippen LogP contribution in [0.1, 0.15) is 13.3 Å². The number of amides is 1. The summed E-state index contributed by atoms with van der Waals surface area (Å²) in [6.07, 6.45) is 0.334. The molecular formula is C22H22ClN3O5. The zero-order valence-electron chi connectivity index (χ0n) is 17.1. The number of benzene rings is 2. The molecule has 2 aromatic carbocycles. The first-order chi connectivity index (χ1) is 15.0. The number of esters is 1. The van der Waals surface area contributed by atoms with Crippen molar-refractivity contribution in [3.05, 3.63) is 64.9 Å². The summed E-state index contributed by atoms with van der Waals surface area (Å²) in [6.45, 7) is 2.10. The normalized spacial score (nSPS) is 13.5. The number of carbonyl (C=O) groups excluding carboxylic acids is 2. The molecule has 0 spiro atoms. The van der Waals surface area contributed by atoms with E-state index in [1.807, 2.05) is 0 Å². The average molecular weight is 444 g/mol. The summed E-state index contributed by atoms with van der Waals surface area (Å²) in [4.78, 5) is 25.4. The maximum absolute atomic E-state index is 12.8. The molecular weight excluding hydrogens is 422 g/mol. The molecule has 0 atom stereocenters. The molecule has 0 aliphatic carbocycles. The van der Waals surface area contributed by atoms with Crippen LogP contribution in [0.25, 0.3) is 0 Å². The Labute approximate surface area is 184 Å². The number of halogens is 1. The van der Waals surface area contributed by atoms with Gasteiger partial charge in [-0.25, -0.2) is 4.79 Å². The average Bonchev–Trinajstić information content (AvgIpc) is 3.24. The van der Waals surface area contributed by atoms with Gasteiger partial charge in [-0.3, -0.25) is 10.2 Å². The van der Waals surface area contributed by atoms with Gasteiger partial charge in [0.1, 0.15) is 5.75 Å². The SMILES string of the molecule is CCOC(=O)/C(=N\Nc1cccc(Cl)c1)C1=C(C(=O)Nc2ccc(OC)cc2)OCC1. The summed E-state index contributed by atoms with van der Waals surface area (Å²) in [5.74, 6) is -0.459. The van der Waals surface area contributed by atoms with Crippen LogP contribution in [0.5, 0.6) is 5.75 Å². The lowest BCUT2D eigenvalue weighted by Gasteiger charge is -2.11. The molecule has 0 saturated heterocycles. The predicted molar refractivity (Wildman–Crippen MR) is 118 cm³/mol. The molecule has 1 aliphatic rings. The molecule has 2 N–H and O–H groups in total. The lowest BCUT2D eigenvalue weighted by molar-refractivity contribution is -0.135. The molecule has 0 radical (unpaired) electrons. The van der Waals surface area contributed by atoms with Crippen molar-refractivity contribution < 1.29 is 23.8 Å². The molecule has 1 heterocycles. The van der Waals surface area contributed by atoms with Crippen molar-refractivity contribution >= 4 is 40.6 Å². The number of hydrogen-bond acceptors (Lipinski definition) is 7. The van der Waals surface area contributed by atoms with Gasteiger partial charge in [0.2, 0.25) is 0 Å². The van der Waals surface area contributed by atoms with Gasteiger partial charge in [-0.15, -0.1) is 0 Å². The minimum Gasteiger partial charge on any atom is -0.497 e. The fourth-order valence-corrected chi connectivity index (χ4v) is 3.05. The van der Waals surface area contributed by atoms with Gasteiger partial charge in [-0.05, 0) is 49.4 Å². The van der Waals surface area contributed by atoms with Gasteiger partial charge in [0.25, 0.3) is 5.91 Å². The molecule has 1 aliphatic heterocycles. The van der Waals surface area contributed by atoms with Gasteiger partial charge in [-0.1, -0.05) is 17.7 Å². The number of anilines is 2. The number of nitrogens with zero attached hydrogens (tertiary/aromatic N) is 1. The molecule has 31 heavy (non-hydrogen) atoms. The Kier molecular flexibility index (Phi) is 7.50. The van der Waals surface area contributed by atoms with Crippen LogP contribution in [0, 0.1) is 0 Å². The third kappa shape index (κ3) is 5.76. The minimum absolute atomic E-state index is 0.0236. The van der Waals surface area contributed by atoms with Crippen LogP contribution in [0.2, 0.25) is 5.02 Å². The number of rotatable bonds is 8. The fourth-order valence-electron chi connectivity index (χ4n) is 2.86. The van der Waals surface area contributed by atoms with Gasteiger partial charge in [0.15, 0.2) is 11.5 Å². The lowest BCUT2D eigenvalue weighted by Crippen LogP contribution is -2.24. The van der Waals surface area contributed by atoms with E-state index in [2.05, 4.69) is 15.8 Å². The van der Waals surface area contributed by atoms with E-state index in [1.54, 1.807) is 62.6 Å². The van der Waals surface area contributed by atoms with E-state index < -0.39 is 11.9 Å². The lowest BCUT2D eigenvalue weighted by atomic mass is 10.1. The zero-order valence-corrected chi connectivity index (χ0v) is 17.9. The Morgan fingerprint density at radius 3 is 2.61 bits per heavy atom. The smallest absolute Gasteiger partial charge is 0.359 e. The van der Waals surface area contributed by atoms with Crippen LogP contribution in [0.15, 0.2) is 65.0 Å². The molecule has 1 amide bonds. The Bertz CT molecular complexity index is 1020. The van der Waals surface area contributed by atoms with Crippen molar-refractivity contribution in [3.8, 4) is 5.75 Å². The summed E-state index contributed by atoms with van der Waals surface area (Å²) >= 11 is 5.99. The standard InChI is InChI=1S/C22H22ClN3O5/c1-3-30-22(28)19(26-25-16-6-4-5-14(23)13-16)18-11-12-31-20(18)21(27)24-15-7-9-17(29-2)10-8-15/h4-10,13,25H,3,11-12H2,1-2H3,(H,24,27)/b26-19-. The first-order valence-corrected chi connectivity index (χ1v) is 9.97. The highest BCUT2D eigenvalue weighted by atomic mass is 35.5. The van der Waals surface area contributed by atoms with Gasteiger partial charge in [-0.2, -0.15) is 5.10 Å². The third-order valence-corrected chi connectivity index (χ3v) is 4.54. The number of nitrogens with one attached hydrogen (secondary N) is 2. The third-order valence-electron chi connectivity index (χ3n) is 4.30. The highest BCUT2D eigenvalue weighted by Gasteiger charge is 2.31. The Hall–Kier alpha value is -3.52. The van der Waals surface area contributed by atoms with E-state index in [4.69, 9.17) is 25.8 Å². The summed E-state index contributed by atoms with van der Waals surface area (Å²) in [6, 6.07) is 13.7. The number of hydrazone groups is 1. The van der Waals surface area contributed by atoms with Gasteiger partial charge < -0.3 is 19.5 Å². The van der Waals surface area contributed by atoms with Gasteiger partial charge >= 0.3 is 5.97 Å². The topological polar surface area (TPSA) is 98.2 Å². The fraction of sp³-hybridized carbons (Fsp3) is 0.227. The molecule has 2 aromatic rings. The van der Waals surface area contributed by atoms with Crippen LogP contribution in [0.3, 0.4) is 0 Å². The van der Waals surface area contributed by atoms with Crippen molar-refractivity contribution in [1.29, 1.82) is 0 Å². The largest absolute Gasteiger partial charge is 0.497 e. The first-order valence-electron chi connectivity index (χ1n) is 9.60. The monoisotopic (exact) mass is 443 g/mol. The molecule has 0 unspecified atom stereocenters. The predicted octanol–water partition coefficient (Wildman–Crippen LogP) is 3.99. The van der Waals surface area contributed by atoms with E-state index in [-0.39, 0.29) is 24.7 Å². The van der Waals surface area contributed by atoms with Crippen molar-refractivity contribution in [1.82, 2.24) is 0 Å². The molecule has 8 nitrogen and oxygen atoms in total. The van der Waals surface area contributed by atoms with E-state index in [1.165, 1.54) is 0 Å². The van der Waals surface area contributed by atoms with Crippen molar-refractivity contribution in [2.24, 2.45) is 5.10 Å². The van der Waals surface area contributed by atoms with Gasteiger partial charge in [0, 0.05) is 22.7 Å². The van der Waals surface area contributed by atoms with Crippen LogP contribution < -0.4 is 15.5 Å². The molecule has 0 fully saturated rings. The summed E-state index contributed by atoms with van der Waals surface area (Å²) in [5, 5.41) is 7.46. The second-order valence-corrected chi connectivity index (χ2v) is 6.83. The van der Waals surface area contributed by atoms with Crippen molar-refractivity contribution in [2.45, 2.75) is 13.3 Å².